The van der Waals surface area contributed by atoms with Crippen molar-refractivity contribution in [3.05, 3.63) is 35.6 Å². The number of nitrogens with two attached hydrogens (primary N) is 1. The van der Waals surface area contributed by atoms with E-state index >= 15 is 0 Å². The highest BCUT2D eigenvalue weighted by Gasteiger charge is 2.33. The lowest BCUT2D eigenvalue weighted by Crippen LogP contribution is -2.47. The van der Waals surface area contributed by atoms with Gasteiger partial charge in [0.1, 0.15) is 5.82 Å². The van der Waals surface area contributed by atoms with Gasteiger partial charge in [-0.2, -0.15) is 0 Å². The summed E-state index contributed by atoms with van der Waals surface area (Å²) in [6.45, 7) is 4.36. The Balaban J connectivity index is 2.01. The van der Waals surface area contributed by atoms with Gasteiger partial charge in [-0.25, -0.2) is 4.39 Å². The molecule has 1 atom stereocenters. The zero-order chi connectivity index (χ0) is 13.9. The van der Waals surface area contributed by atoms with E-state index in [0.29, 0.717) is 12.3 Å². The van der Waals surface area contributed by atoms with E-state index < -0.39 is 0 Å². The molecule has 0 aromatic heterocycles. The molecule has 1 aliphatic rings. The van der Waals surface area contributed by atoms with E-state index in [0.717, 1.165) is 11.5 Å². The quantitative estimate of drug-likeness (QED) is 0.861. The van der Waals surface area contributed by atoms with Crippen LogP contribution in [0.3, 0.4) is 0 Å². The molecule has 1 nitrogen and oxygen atoms in total. The molecule has 0 heterocycles. The summed E-state index contributed by atoms with van der Waals surface area (Å²) in [7, 11) is 0. The molecular formula is C17H26FN. The summed E-state index contributed by atoms with van der Waals surface area (Å²) in [5.41, 5.74) is 6.98. The lowest BCUT2D eigenvalue weighted by atomic mass is 9.70. The molecule has 0 amide bonds. The lowest BCUT2D eigenvalue weighted by molar-refractivity contribution is 0.181. The summed E-state index contributed by atoms with van der Waals surface area (Å²) in [5.74, 6) is 1.27. The minimum Gasteiger partial charge on any atom is -0.325 e. The van der Waals surface area contributed by atoms with E-state index in [1.807, 2.05) is 12.1 Å². The molecule has 2 N–H and O–H groups in total. The van der Waals surface area contributed by atoms with E-state index in [-0.39, 0.29) is 11.4 Å². The molecule has 2 heteroatoms. The average molecular weight is 263 g/mol. The van der Waals surface area contributed by atoms with Crippen LogP contribution in [0, 0.1) is 17.7 Å². The normalized spacial score (nSPS) is 26.9. The second-order valence-corrected chi connectivity index (χ2v) is 6.40. The summed E-state index contributed by atoms with van der Waals surface area (Å²) >= 11 is 0. The molecule has 106 valence electrons. The van der Waals surface area contributed by atoms with Gasteiger partial charge in [-0.15, -0.1) is 0 Å². The van der Waals surface area contributed by atoms with Gasteiger partial charge in [0, 0.05) is 5.54 Å². The first-order chi connectivity index (χ1) is 9.03. The number of benzene rings is 1. The Bertz CT molecular complexity index is 405. The van der Waals surface area contributed by atoms with E-state index in [1.165, 1.54) is 38.2 Å². The van der Waals surface area contributed by atoms with Crippen molar-refractivity contribution >= 4 is 0 Å². The van der Waals surface area contributed by atoms with E-state index in [4.69, 9.17) is 5.73 Å². The standard InChI is InChI=1S/C17H26FN/c1-3-13-8-10-15(11-9-13)17(2,19)12-14-6-4-5-7-16(14)18/h4-7,13,15H,3,8-12,19H2,1-2H3. The summed E-state index contributed by atoms with van der Waals surface area (Å²) < 4.78 is 13.7. The molecule has 0 saturated heterocycles. The number of hydrogen-bond acceptors (Lipinski definition) is 1. The van der Waals surface area contributed by atoms with Crippen LogP contribution in [0.4, 0.5) is 4.39 Å². The first kappa shape index (κ1) is 14.5. The fourth-order valence-electron chi connectivity index (χ4n) is 3.43. The summed E-state index contributed by atoms with van der Waals surface area (Å²) in [6.07, 6.45) is 6.87. The minimum absolute atomic E-state index is 0.124. The van der Waals surface area contributed by atoms with Gasteiger partial charge in [0.05, 0.1) is 0 Å². The fraction of sp³-hybridized carbons (Fsp3) is 0.647. The highest BCUT2D eigenvalue weighted by Crippen LogP contribution is 2.37. The summed E-state index contributed by atoms with van der Waals surface area (Å²) in [5, 5.41) is 0. The maximum absolute atomic E-state index is 13.7. The number of halogens is 1. The second kappa shape index (κ2) is 6.04. The smallest absolute Gasteiger partial charge is 0.126 e. The van der Waals surface area contributed by atoms with E-state index in [9.17, 15) is 4.39 Å². The first-order valence-electron chi connectivity index (χ1n) is 7.55. The van der Waals surface area contributed by atoms with Crippen molar-refractivity contribution in [2.45, 2.75) is 57.9 Å². The van der Waals surface area contributed by atoms with Crippen LogP contribution in [0.15, 0.2) is 24.3 Å². The second-order valence-electron chi connectivity index (χ2n) is 6.40. The van der Waals surface area contributed by atoms with Gasteiger partial charge in [0.2, 0.25) is 0 Å². The third kappa shape index (κ3) is 3.56. The maximum Gasteiger partial charge on any atom is 0.126 e. The monoisotopic (exact) mass is 263 g/mol. The van der Waals surface area contributed by atoms with Gasteiger partial charge in [-0.3, -0.25) is 0 Å². The van der Waals surface area contributed by atoms with Gasteiger partial charge in [-0.1, -0.05) is 44.4 Å². The van der Waals surface area contributed by atoms with Crippen LogP contribution in [0.25, 0.3) is 0 Å². The van der Waals surface area contributed by atoms with Crippen molar-refractivity contribution < 1.29 is 4.39 Å². The molecule has 0 radical (unpaired) electrons. The van der Waals surface area contributed by atoms with Gasteiger partial charge < -0.3 is 5.73 Å². The molecular weight excluding hydrogens is 237 g/mol. The largest absolute Gasteiger partial charge is 0.325 e. The third-order valence-corrected chi connectivity index (χ3v) is 4.89. The molecule has 1 aromatic rings. The third-order valence-electron chi connectivity index (χ3n) is 4.89. The SMILES string of the molecule is CCC1CCC(C(C)(N)Cc2ccccc2F)CC1. The molecule has 0 spiro atoms. The molecule has 0 aliphatic heterocycles. The Morgan fingerprint density at radius 3 is 2.42 bits per heavy atom. The summed E-state index contributed by atoms with van der Waals surface area (Å²) in [6, 6.07) is 7.01. The molecule has 1 aromatic carbocycles. The Kier molecular flexibility index (Phi) is 4.62. The molecule has 1 unspecified atom stereocenters. The predicted molar refractivity (Wildman–Crippen MR) is 78.4 cm³/mol. The van der Waals surface area contributed by atoms with Crippen molar-refractivity contribution in [3.8, 4) is 0 Å². The number of rotatable bonds is 4. The Morgan fingerprint density at radius 2 is 1.84 bits per heavy atom. The Morgan fingerprint density at radius 1 is 1.21 bits per heavy atom. The molecule has 1 aliphatic carbocycles. The number of hydrogen-bond donors (Lipinski definition) is 1. The molecule has 0 bridgehead atoms. The van der Waals surface area contributed by atoms with E-state index in [2.05, 4.69) is 13.8 Å². The van der Waals surface area contributed by atoms with Crippen LogP contribution in [-0.2, 0) is 6.42 Å². The fourth-order valence-corrected chi connectivity index (χ4v) is 3.43. The highest BCUT2D eigenvalue weighted by molar-refractivity contribution is 5.20. The van der Waals surface area contributed by atoms with Crippen LogP contribution >= 0.6 is 0 Å². The van der Waals surface area contributed by atoms with Crippen molar-refractivity contribution in [1.29, 1.82) is 0 Å². The van der Waals surface area contributed by atoms with Crippen molar-refractivity contribution in [3.63, 3.8) is 0 Å². The molecule has 19 heavy (non-hydrogen) atoms. The van der Waals surface area contributed by atoms with Gasteiger partial charge in [0.15, 0.2) is 0 Å². The lowest BCUT2D eigenvalue weighted by Gasteiger charge is -2.39. The van der Waals surface area contributed by atoms with Gasteiger partial charge in [0.25, 0.3) is 0 Å². The predicted octanol–water partition coefficient (Wildman–Crippen LogP) is 4.30. The average Bonchev–Trinajstić information content (AvgIpc) is 2.41. The van der Waals surface area contributed by atoms with Crippen molar-refractivity contribution in [1.82, 2.24) is 0 Å². The Labute approximate surface area is 116 Å². The van der Waals surface area contributed by atoms with Crippen molar-refractivity contribution in [2.24, 2.45) is 17.6 Å². The zero-order valence-electron chi connectivity index (χ0n) is 12.2. The van der Waals surface area contributed by atoms with Crippen molar-refractivity contribution in [2.75, 3.05) is 0 Å². The van der Waals surface area contributed by atoms with Crippen LogP contribution in [-0.4, -0.2) is 5.54 Å². The van der Waals surface area contributed by atoms with Crippen LogP contribution in [0.5, 0.6) is 0 Å². The maximum atomic E-state index is 13.7. The summed E-state index contributed by atoms with van der Waals surface area (Å²) in [4.78, 5) is 0. The van der Waals surface area contributed by atoms with Crippen LogP contribution in [0.1, 0.15) is 51.5 Å². The molecule has 1 fully saturated rings. The molecule has 1 saturated carbocycles. The Hall–Kier alpha value is -0.890. The molecule has 2 rings (SSSR count). The van der Waals surface area contributed by atoms with Crippen LogP contribution < -0.4 is 5.73 Å². The van der Waals surface area contributed by atoms with Gasteiger partial charge in [-0.05, 0) is 49.7 Å². The topological polar surface area (TPSA) is 26.0 Å². The minimum atomic E-state index is -0.291. The van der Waals surface area contributed by atoms with Crippen LogP contribution in [0.2, 0.25) is 0 Å². The first-order valence-corrected chi connectivity index (χ1v) is 7.55. The van der Waals surface area contributed by atoms with E-state index in [1.54, 1.807) is 6.07 Å². The van der Waals surface area contributed by atoms with Gasteiger partial charge >= 0.3 is 0 Å². The zero-order valence-corrected chi connectivity index (χ0v) is 12.2. The highest BCUT2D eigenvalue weighted by atomic mass is 19.1.